The van der Waals surface area contributed by atoms with E-state index in [4.69, 9.17) is 0 Å². The van der Waals surface area contributed by atoms with Crippen LogP contribution in [0.25, 0.3) is 0 Å². The maximum Gasteiger partial charge on any atom is 0.292 e. The largest absolute Gasteiger partial charge is 0.347 e. The van der Waals surface area contributed by atoms with Crippen LogP contribution in [0.3, 0.4) is 0 Å². The van der Waals surface area contributed by atoms with E-state index in [0.717, 1.165) is 12.8 Å². The van der Waals surface area contributed by atoms with Crippen LogP contribution in [0.4, 0.5) is 0 Å². The highest BCUT2D eigenvalue weighted by Gasteiger charge is 2.37. The van der Waals surface area contributed by atoms with Crippen molar-refractivity contribution in [3.05, 3.63) is 5.82 Å². The zero-order chi connectivity index (χ0) is 13.9. The number of carbonyl (C=O) groups is 1. The molecule has 19 heavy (non-hydrogen) atoms. The van der Waals surface area contributed by atoms with Crippen molar-refractivity contribution in [1.82, 2.24) is 30.8 Å². The molecule has 0 aliphatic heterocycles. The molecule has 1 amide bonds. The quantitative estimate of drug-likeness (QED) is 0.825. The number of H-pyrrole nitrogens is 1. The van der Waals surface area contributed by atoms with Crippen molar-refractivity contribution in [2.24, 2.45) is 5.92 Å². The van der Waals surface area contributed by atoms with Crippen LogP contribution >= 0.6 is 0 Å². The Morgan fingerprint density at radius 3 is 2.95 bits per heavy atom. The molecule has 0 aromatic carbocycles. The minimum Gasteiger partial charge on any atom is -0.347 e. The first-order valence-electron chi connectivity index (χ1n) is 6.72. The number of tetrazole rings is 1. The van der Waals surface area contributed by atoms with Gasteiger partial charge in [0.1, 0.15) is 0 Å². The first kappa shape index (κ1) is 13.9. The van der Waals surface area contributed by atoms with E-state index in [1.165, 1.54) is 12.8 Å². The van der Waals surface area contributed by atoms with E-state index in [0.29, 0.717) is 12.5 Å². The van der Waals surface area contributed by atoms with Crippen LogP contribution in [0.1, 0.15) is 43.2 Å². The molecule has 1 fully saturated rings. The lowest BCUT2D eigenvalue weighted by Gasteiger charge is -2.45. The molecule has 0 bridgehead atoms. The number of hydrogen-bond acceptors (Lipinski definition) is 5. The maximum absolute atomic E-state index is 11.9. The van der Waals surface area contributed by atoms with Crippen molar-refractivity contribution in [2.45, 2.75) is 38.1 Å². The van der Waals surface area contributed by atoms with Gasteiger partial charge in [-0.2, -0.15) is 5.21 Å². The first-order chi connectivity index (χ1) is 9.03. The lowest BCUT2D eigenvalue weighted by Crippen LogP contribution is -2.55. The average Bonchev–Trinajstić information content (AvgIpc) is 2.89. The highest BCUT2D eigenvalue weighted by atomic mass is 16.2. The Hall–Kier alpha value is -1.50. The van der Waals surface area contributed by atoms with E-state index in [1.807, 2.05) is 0 Å². The lowest BCUT2D eigenvalue weighted by atomic mass is 9.75. The molecule has 0 saturated heterocycles. The summed E-state index contributed by atoms with van der Waals surface area (Å²) >= 11 is 0. The fourth-order valence-corrected chi connectivity index (χ4v) is 2.94. The molecule has 0 spiro atoms. The molecule has 2 atom stereocenters. The molecule has 106 valence electrons. The summed E-state index contributed by atoms with van der Waals surface area (Å²) in [5, 5.41) is 16.0. The molecule has 1 heterocycles. The molecular weight excluding hydrogens is 244 g/mol. The predicted molar refractivity (Wildman–Crippen MR) is 70.6 cm³/mol. The van der Waals surface area contributed by atoms with Crippen LogP contribution in [-0.2, 0) is 0 Å². The lowest BCUT2D eigenvalue weighted by molar-refractivity contribution is 0.0670. The van der Waals surface area contributed by atoms with Gasteiger partial charge in [-0.1, -0.05) is 19.8 Å². The van der Waals surface area contributed by atoms with Gasteiger partial charge < -0.3 is 10.2 Å². The zero-order valence-corrected chi connectivity index (χ0v) is 11.8. The summed E-state index contributed by atoms with van der Waals surface area (Å²) < 4.78 is 0. The van der Waals surface area contributed by atoms with Crippen LogP contribution in [0.2, 0.25) is 0 Å². The highest BCUT2D eigenvalue weighted by molar-refractivity contribution is 5.90. The van der Waals surface area contributed by atoms with Gasteiger partial charge in [-0.15, -0.1) is 10.2 Å². The van der Waals surface area contributed by atoms with Gasteiger partial charge in [0.2, 0.25) is 0 Å². The molecule has 1 aliphatic rings. The second kappa shape index (κ2) is 5.64. The van der Waals surface area contributed by atoms with Crippen LogP contribution < -0.4 is 5.32 Å². The zero-order valence-electron chi connectivity index (χ0n) is 11.8. The number of likely N-dealkylation sites (N-methyl/N-ethyl adjacent to an activating group) is 1. The van der Waals surface area contributed by atoms with Gasteiger partial charge in [-0.25, -0.2) is 0 Å². The van der Waals surface area contributed by atoms with Gasteiger partial charge in [0.05, 0.1) is 0 Å². The van der Waals surface area contributed by atoms with E-state index >= 15 is 0 Å². The first-order valence-corrected chi connectivity index (χ1v) is 6.72. The summed E-state index contributed by atoms with van der Waals surface area (Å²) in [5.74, 6) is 0.518. The monoisotopic (exact) mass is 266 g/mol. The van der Waals surface area contributed by atoms with Crippen molar-refractivity contribution >= 4 is 5.91 Å². The van der Waals surface area contributed by atoms with Crippen LogP contribution in [0.5, 0.6) is 0 Å². The van der Waals surface area contributed by atoms with Crippen LogP contribution in [-0.4, -0.2) is 57.6 Å². The molecule has 1 saturated carbocycles. The Kier molecular flexibility index (Phi) is 4.14. The molecule has 1 aliphatic carbocycles. The number of nitrogens with zero attached hydrogens (tertiary/aromatic N) is 4. The van der Waals surface area contributed by atoms with Gasteiger partial charge in [0.25, 0.3) is 11.7 Å². The molecule has 2 N–H and O–H groups in total. The Morgan fingerprint density at radius 1 is 1.58 bits per heavy atom. The number of amides is 1. The fourth-order valence-electron chi connectivity index (χ4n) is 2.94. The third kappa shape index (κ3) is 3.09. The van der Waals surface area contributed by atoms with E-state index in [1.54, 1.807) is 0 Å². The van der Waals surface area contributed by atoms with E-state index in [-0.39, 0.29) is 17.3 Å². The second-order valence-corrected chi connectivity index (χ2v) is 5.74. The smallest absolute Gasteiger partial charge is 0.292 e. The van der Waals surface area contributed by atoms with Crippen molar-refractivity contribution < 1.29 is 4.79 Å². The topological polar surface area (TPSA) is 86.8 Å². The van der Waals surface area contributed by atoms with Gasteiger partial charge in [0, 0.05) is 12.1 Å². The number of carbonyl (C=O) groups excluding carboxylic acids is 1. The van der Waals surface area contributed by atoms with Crippen molar-refractivity contribution in [3.63, 3.8) is 0 Å². The standard InChI is InChI=1S/C12H22N6O/c1-9-5-4-6-12(7-9,18(2)3)8-13-11(19)10-14-16-17-15-10/h9H,4-8H2,1-3H3,(H,13,19)(H,14,15,16,17). The number of rotatable bonds is 4. The summed E-state index contributed by atoms with van der Waals surface area (Å²) in [7, 11) is 4.16. The molecule has 2 unspecified atom stereocenters. The summed E-state index contributed by atoms with van der Waals surface area (Å²) in [5.41, 5.74) is 0.0388. The van der Waals surface area contributed by atoms with Crippen molar-refractivity contribution in [1.29, 1.82) is 0 Å². The van der Waals surface area contributed by atoms with E-state index in [2.05, 4.69) is 51.9 Å². The third-order valence-corrected chi connectivity index (χ3v) is 4.14. The van der Waals surface area contributed by atoms with E-state index < -0.39 is 0 Å². The molecule has 1 aromatic heterocycles. The average molecular weight is 266 g/mol. The highest BCUT2D eigenvalue weighted by Crippen LogP contribution is 2.35. The third-order valence-electron chi connectivity index (χ3n) is 4.14. The molecule has 1 aromatic rings. The Labute approximate surface area is 113 Å². The van der Waals surface area contributed by atoms with Crippen molar-refractivity contribution in [3.8, 4) is 0 Å². The molecule has 0 radical (unpaired) electrons. The molecular formula is C12H22N6O. The van der Waals surface area contributed by atoms with Crippen LogP contribution in [0, 0.1) is 5.92 Å². The minimum absolute atomic E-state index is 0.0388. The summed E-state index contributed by atoms with van der Waals surface area (Å²) in [6, 6.07) is 0. The van der Waals surface area contributed by atoms with Crippen LogP contribution in [0.15, 0.2) is 0 Å². The Morgan fingerprint density at radius 2 is 2.37 bits per heavy atom. The maximum atomic E-state index is 11.9. The van der Waals surface area contributed by atoms with Gasteiger partial charge in [-0.3, -0.25) is 4.79 Å². The number of nitrogens with one attached hydrogen (secondary N) is 2. The van der Waals surface area contributed by atoms with Gasteiger partial charge >= 0.3 is 0 Å². The SMILES string of the molecule is CC1CCCC(CNC(=O)c2nn[nH]n2)(N(C)C)C1. The normalized spacial score (nSPS) is 27.5. The predicted octanol–water partition coefficient (Wildman–Crippen LogP) is 0.440. The van der Waals surface area contributed by atoms with E-state index in [9.17, 15) is 4.79 Å². The molecule has 7 heteroatoms. The number of aromatic nitrogens is 4. The van der Waals surface area contributed by atoms with Crippen molar-refractivity contribution in [2.75, 3.05) is 20.6 Å². The summed E-state index contributed by atoms with van der Waals surface area (Å²) in [4.78, 5) is 14.1. The summed E-state index contributed by atoms with van der Waals surface area (Å²) in [6.07, 6.45) is 4.69. The Balaban J connectivity index is 1.99. The number of aromatic amines is 1. The number of hydrogen-bond donors (Lipinski definition) is 2. The molecule has 7 nitrogen and oxygen atoms in total. The Bertz CT molecular complexity index is 418. The van der Waals surface area contributed by atoms with Gasteiger partial charge in [-0.05, 0) is 38.1 Å². The minimum atomic E-state index is -0.270. The van der Waals surface area contributed by atoms with Gasteiger partial charge in [0.15, 0.2) is 0 Å². The second-order valence-electron chi connectivity index (χ2n) is 5.74. The fraction of sp³-hybridized carbons (Fsp3) is 0.833. The molecule has 2 rings (SSSR count). The summed E-state index contributed by atoms with van der Waals surface area (Å²) in [6.45, 7) is 2.90.